The molecule has 3 rings (SSSR count). The maximum absolute atomic E-state index is 12.1. The van der Waals surface area contributed by atoms with Gasteiger partial charge in [-0.3, -0.25) is 0 Å². The van der Waals surface area contributed by atoms with E-state index in [0.29, 0.717) is 23.5 Å². The average molecular weight is 314 g/mol. The van der Waals surface area contributed by atoms with Crippen LogP contribution in [0.25, 0.3) is 0 Å². The van der Waals surface area contributed by atoms with E-state index in [9.17, 15) is 4.79 Å². The zero-order valence-corrected chi connectivity index (χ0v) is 13.3. The third-order valence-corrected chi connectivity index (χ3v) is 3.95. The van der Waals surface area contributed by atoms with Crippen LogP contribution in [0.4, 0.5) is 0 Å². The van der Waals surface area contributed by atoms with Gasteiger partial charge in [-0.2, -0.15) is 0 Å². The molecular formula is C18H18O5. The molecule has 0 N–H and O–H groups in total. The van der Waals surface area contributed by atoms with Gasteiger partial charge in [0.1, 0.15) is 11.9 Å². The summed E-state index contributed by atoms with van der Waals surface area (Å²) in [5, 5.41) is 0. The van der Waals surface area contributed by atoms with Gasteiger partial charge in [-0.25, -0.2) is 4.79 Å². The Kier molecular flexibility index (Phi) is 4.10. The number of carbonyl (C=O) groups is 1. The van der Waals surface area contributed by atoms with Gasteiger partial charge in [0.25, 0.3) is 0 Å². The van der Waals surface area contributed by atoms with Gasteiger partial charge in [-0.1, -0.05) is 12.1 Å². The molecule has 2 aromatic carbocycles. The summed E-state index contributed by atoms with van der Waals surface area (Å²) >= 11 is 0. The van der Waals surface area contributed by atoms with E-state index in [4.69, 9.17) is 18.9 Å². The van der Waals surface area contributed by atoms with E-state index in [-0.39, 0.29) is 12.1 Å². The highest BCUT2D eigenvalue weighted by Gasteiger charge is 2.33. The van der Waals surface area contributed by atoms with E-state index in [1.165, 1.54) is 0 Å². The van der Waals surface area contributed by atoms with E-state index in [2.05, 4.69) is 0 Å². The Bertz CT molecular complexity index is 721. The molecule has 1 aliphatic heterocycles. The van der Waals surface area contributed by atoms with E-state index < -0.39 is 0 Å². The summed E-state index contributed by atoms with van der Waals surface area (Å²) in [7, 11) is 4.74. The summed E-state index contributed by atoms with van der Waals surface area (Å²) in [5.74, 6) is 1.57. The van der Waals surface area contributed by atoms with Crippen LogP contribution in [0.15, 0.2) is 36.4 Å². The zero-order valence-electron chi connectivity index (χ0n) is 13.3. The van der Waals surface area contributed by atoms with Crippen molar-refractivity contribution in [1.82, 2.24) is 0 Å². The Morgan fingerprint density at radius 3 is 2.22 bits per heavy atom. The highest BCUT2D eigenvalue weighted by molar-refractivity contribution is 5.95. The normalized spacial score (nSPS) is 15.8. The number of cyclic esters (lactones) is 1. The molecule has 1 atom stereocenters. The van der Waals surface area contributed by atoms with E-state index >= 15 is 0 Å². The number of hydrogen-bond donors (Lipinski definition) is 0. The third-order valence-electron chi connectivity index (χ3n) is 3.95. The van der Waals surface area contributed by atoms with E-state index in [0.717, 1.165) is 16.9 Å². The second-order valence-corrected chi connectivity index (χ2v) is 5.24. The topological polar surface area (TPSA) is 54.0 Å². The quantitative estimate of drug-likeness (QED) is 0.794. The largest absolute Gasteiger partial charge is 0.497 e. The van der Waals surface area contributed by atoms with Gasteiger partial charge in [0.15, 0.2) is 11.5 Å². The Morgan fingerprint density at radius 2 is 1.61 bits per heavy atom. The lowest BCUT2D eigenvalue weighted by atomic mass is 9.98. The molecule has 1 heterocycles. The van der Waals surface area contributed by atoms with Crippen LogP contribution in [-0.4, -0.2) is 27.3 Å². The van der Waals surface area contributed by atoms with Crippen LogP contribution < -0.4 is 14.2 Å². The van der Waals surface area contributed by atoms with Crippen LogP contribution in [0.3, 0.4) is 0 Å². The number of fused-ring (bicyclic) bond motifs is 1. The lowest BCUT2D eigenvalue weighted by Gasteiger charge is -2.13. The maximum atomic E-state index is 12.1. The van der Waals surface area contributed by atoms with Crippen molar-refractivity contribution < 1.29 is 23.7 Å². The first kappa shape index (κ1) is 15.2. The summed E-state index contributed by atoms with van der Waals surface area (Å²) in [6.07, 6.45) is 0.267. The van der Waals surface area contributed by atoms with Gasteiger partial charge in [0.2, 0.25) is 0 Å². The summed E-state index contributed by atoms with van der Waals surface area (Å²) in [6, 6.07) is 11.2. The van der Waals surface area contributed by atoms with Crippen molar-refractivity contribution in [2.24, 2.45) is 0 Å². The minimum Gasteiger partial charge on any atom is -0.497 e. The van der Waals surface area contributed by atoms with E-state index in [1.54, 1.807) is 27.4 Å². The highest BCUT2D eigenvalue weighted by atomic mass is 16.5. The van der Waals surface area contributed by atoms with Gasteiger partial charge in [-0.05, 0) is 29.8 Å². The lowest BCUT2D eigenvalue weighted by molar-refractivity contribution is 0.0387. The Hall–Kier alpha value is -2.69. The average Bonchev–Trinajstić information content (AvgIpc) is 2.89. The molecular weight excluding hydrogens is 296 g/mol. The fraction of sp³-hybridized carbons (Fsp3) is 0.278. The maximum Gasteiger partial charge on any atom is 0.339 e. The summed E-state index contributed by atoms with van der Waals surface area (Å²) < 4.78 is 21.2. The molecule has 5 nitrogen and oxygen atoms in total. The van der Waals surface area contributed by atoms with Crippen LogP contribution in [0.5, 0.6) is 17.2 Å². The number of benzene rings is 2. The van der Waals surface area contributed by atoms with Crippen LogP contribution >= 0.6 is 0 Å². The first-order valence-corrected chi connectivity index (χ1v) is 7.26. The first-order chi connectivity index (χ1) is 11.2. The number of ether oxygens (including phenoxy) is 4. The number of hydrogen-bond acceptors (Lipinski definition) is 5. The fourth-order valence-electron chi connectivity index (χ4n) is 2.72. The minimum absolute atomic E-state index is 0.328. The molecule has 0 saturated heterocycles. The molecule has 0 radical (unpaired) electrons. The molecule has 0 fully saturated rings. The predicted molar refractivity (Wildman–Crippen MR) is 84.4 cm³/mol. The van der Waals surface area contributed by atoms with Crippen molar-refractivity contribution in [3.8, 4) is 17.2 Å². The Morgan fingerprint density at radius 1 is 0.957 bits per heavy atom. The fourth-order valence-corrected chi connectivity index (χ4v) is 2.72. The van der Waals surface area contributed by atoms with Crippen LogP contribution in [0.2, 0.25) is 0 Å². The highest BCUT2D eigenvalue weighted by Crippen LogP contribution is 2.40. The predicted octanol–water partition coefficient (Wildman–Crippen LogP) is 3.17. The smallest absolute Gasteiger partial charge is 0.339 e. The van der Waals surface area contributed by atoms with Crippen LogP contribution in [0.1, 0.15) is 27.6 Å². The van der Waals surface area contributed by atoms with Gasteiger partial charge >= 0.3 is 5.97 Å². The van der Waals surface area contributed by atoms with Crippen molar-refractivity contribution in [3.63, 3.8) is 0 Å². The Balaban J connectivity index is 1.90. The van der Waals surface area contributed by atoms with Gasteiger partial charge in [0, 0.05) is 12.0 Å². The molecule has 0 unspecified atom stereocenters. The van der Waals surface area contributed by atoms with Crippen molar-refractivity contribution in [2.75, 3.05) is 21.3 Å². The third kappa shape index (κ3) is 2.82. The van der Waals surface area contributed by atoms with Crippen molar-refractivity contribution in [1.29, 1.82) is 0 Å². The van der Waals surface area contributed by atoms with Crippen molar-refractivity contribution >= 4 is 5.97 Å². The SMILES string of the molecule is COc1ccc(C[C@@H]2OC(=O)c3cc(OC)c(OC)cc32)cc1. The second kappa shape index (κ2) is 6.20. The standard InChI is InChI=1S/C18H18O5/c1-20-12-6-4-11(5-7-12)8-15-13-9-16(21-2)17(22-3)10-14(13)18(19)23-15/h4-7,9-10,15H,8H2,1-3H3/t15-/m0/s1. The minimum atomic E-state index is -0.334. The molecule has 0 amide bonds. The van der Waals surface area contributed by atoms with Crippen LogP contribution in [0, 0.1) is 0 Å². The van der Waals surface area contributed by atoms with Crippen LogP contribution in [-0.2, 0) is 11.2 Å². The number of rotatable bonds is 5. The lowest BCUT2D eigenvalue weighted by Crippen LogP contribution is -2.03. The zero-order chi connectivity index (χ0) is 16.4. The molecule has 23 heavy (non-hydrogen) atoms. The molecule has 1 aliphatic rings. The molecule has 0 aromatic heterocycles. The number of methoxy groups -OCH3 is 3. The van der Waals surface area contributed by atoms with E-state index in [1.807, 2.05) is 30.3 Å². The number of carbonyl (C=O) groups excluding carboxylic acids is 1. The molecule has 120 valence electrons. The summed E-state index contributed by atoms with van der Waals surface area (Å²) in [5.41, 5.74) is 2.41. The first-order valence-electron chi connectivity index (χ1n) is 7.26. The van der Waals surface area contributed by atoms with Gasteiger partial charge < -0.3 is 18.9 Å². The molecule has 0 bridgehead atoms. The molecule has 2 aromatic rings. The molecule has 0 saturated carbocycles. The van der Waals surface area contributed by atoms with Crippen molar-refractivity contribution in [3.05, 3.63) is 53.1 Å². The van der Waals surface area contributed by atoms with Gasteiger partial charge in [0.05, 0.1) is 26.9 Å². The number of esters is 1. The molecule has 5 heteroatoms. The molecule has 0 spiro atoms. The second-order valence-electron chi connectivity index (χ2n) is 5.24. The summed E-state index contributed by atoms with van der Waals surface area (Å²) in [6.45, 7) is 0. The van der Waals surface area contributed by atoms with Crippen molar-refractivity contribution in [2.45, 2.75) is 12.5 Å². The van der Waals surface area contributed by atoms with Gasteiger partial charge in [-0.15, -0.1) is 0 Å². The Labute approximate surface area is 134 Å². The summed E-state index contributed by atoms with van der Waals surface area (Å²) in [4.78, 5) is 12.1. The molecule has 0 aliphatic carbocycles. The monoisotopic (exact) mass is 314 g/mol.